The van der Waals surface area contributed by atoms with Crippen molar-refractivity contribution in [2.75, 3.05) is 5.32 Å². The van der Waals surface area contributed by atoms with Crippen LogP contribution in [0.25, 0.3) is 5.69 Å². The predicted octanol–water partition coefficient (Wildman–Crippen LogP) is 3.62. The van der Waals surface area contributed by atoms with Gasteiger partial charge in [0.15, 0.2) is 9.84 Å². The molecule has 2 heterocycles. The maximum Gasteiger partial charge on any atom is 0.257 e. The van der Waals surface area contributed by atoms with Gasteiger partial charge in [0.25, 0.3) is 5.91 Å². The molecule has 2 aromatic carbocycles. The van der Waals surface area contributed by atoms with Crippen LogP contribution in [0.2, 0.25) is 0 Å². The number of nitrogens with zero attached hydrogens (tertiary/aromatic N) is 2. The number of sulfone groups is 1. The van der Waals surface area contributed by atoms with Gasteiger partial charge in [-0.25, -0.2) is 13.1 Å². The minimum Gasteiger partial charge on any atom is -0.306 e. The smallest absolute Gasteiger partial charge is 0.257 e. The highest BCUT2D eigenvalue weighted by molar-refractivity contribution is 9.10. The fraction of sp³-hybridized carbons (Fsp3) is 0.158. The molecule has 1 amide bonds. The first-order valence-electron chi connectivity index (χ1n) is 8.29. The van der Waals surface area contributed by atoms with E-state index in [2.05, 4.69) is 26.3 Å². The van der Waals surface area contributed by atoms with Crippen molar-refractivity contribution in [2.45, 2.75) is 18.4 Å². The third-order valence-corrected chi connectivity index (χ3v) is 6.61. The zero-order valence-electron chi connectivity index (χ0n) is 14.4. The average molecular weight is 446 g/mol. The summed E-state index contributed by atoms with van der Waals surface area (Å²) < 4.78 is 26.4. The van der Waals surface area contributed by atoms with Crippen molar-refractivity contribution in [3.63, 3.8) is 0 Å². The minimum atomic E-state index is -3.24. The summed E-state index contributed by atoms with van der Waals surface area (Å²) >= 11 is 3.38. The summed E-state index contributed by atoms with van der Waals surface area (Å²) in [6.45, 7) is 1.94. The molecule has 0 aliphatic carbocycles. The average Bonchev–Trinajstić information content (AvgIpc) is 3.08. The number of hydrogen-bond donors (Lipinski definition) is 1. The van der Waals surface area contributed by atoms with Crippen LogP contribution in [-0.4, -0.2) is 24.1 Å². The molecule has 3 aromatic rings. The van der Waals surface area contributed by atoms with Crippen LogP contribution in [0.15, 0.2) is 53.0 Å². The molecule has 1 N–H and O–H groups in total. The molecule has 27 heavy (non-hydrogen) atoms. The molecule has 0 spiro atoms. The van der Waals surface area contributed by atoms with Gasteiger partial charge in [0.1, 0.15) is 5.82 Å². The summed E-state index contributed by atoms with van der Waals surface area (Å²) in [6, 6.07) is 14.7. The molecular weight excluding hydrogens is 430 g/mol. The molecule has 0 bridgehead atoms. The summed E-state index contributed by atoms with van der Waals surface area (Å²) in [7, 11) is -3.24. The second-order valence-electron chi connectivity index (χ2n) is 6.44. The number of para-hydroxylation sites is 1. The number of anilines is 1. The first kappa shape index (κ1) is 17.9. The van der Waals surface area contributed by atoms with Crippen molar-refractivity contribution in [3.8, 4) is 5.69 Å². The largest absolute Gasteiger partial charge is 0.306 e. The molecule has 0 saturated carbocycles. The molecule has 8 heteroatoms. The molecule has 0 fully saturated rings. The highest BCUT2D eigenvalue weighted by atomic mass is 79.9. The topological polar surface area (TPSA) is 81.1 Å². The third-order valence-electron chi connectivity index (χ3n) is 4.48. The van der Waals surface area contributed by atoms with Crippen LogP contribution in [0.4, 0.5) is 5.82 Å². The lowest BCUT2D eigenvalue weighted by Gasteiger charge is -2.13. The van der Waals surface area contributed by atoms with Gasteiger partial charge in [0.2, 0.25) is 0 Å². The van der Waals surface area contributed by atoms with Gasteiger partial charge in [-0.3, -0.25) is 4.79 Å². The lowest BCUT2D eigenvalue weighted by molar-refractivity contribution is 0.102. The Balaban J connectivity index is 1.83. The number of aryl methyl sites for hydroxylation is 1. The van der Waals surface area contributed by atoms with E-state index in [1.54, 1.807) is 22.9 Å². The van der Waals surface area contributed by atoms with Crippen LogP contribution < -0.4 is 5.32 Å². The first-order chi connectivity index (χ1) is 12.9. The number of amides is 1. The SMILES string of the molecule is Cc1ccccc1-n1nc2c(c1NC(=O)c1ccccc1Br)CS(=O)(=O)C2. The molecule has 138 valence electrons. The Morgan fingerprint density at radius 2 is 1.81 bits per heavy atom. The Morgan fingerprint density at radius 3 is 2.56 bits per heavy atom. The second-order valence-corrected chi connectivity index (χ2v) is 9.36. The summed E-state index contributed by atoms with van der Waals surface area (Å²) in [5.41, 5.74) is 3.27. The summed E-state index contributed by atoms with van der Waals surface area (Å²) in [6.07, 6.45) is 0. The van der Waals surface area contributed by atoms with Gasteiger partial charge in [0.05, 0.1) is 28.5 Å². The van der Waals surface area contributed by atoms with Gasteiger partial charge >= 0.3 is 0 Å². The van der Waals surface area contributed by atoms with Gasteiger partial charge in [-0.05, 0) is 46.6 Å². The van der Waals surface area contributed by atoms with Crippen LogP contribution in [0.1, 0.15) is 27.2 Å². The number of benzene rings is 2. The molecule has 0 radical (unpaired) electrons. The fourth-order valence-electron chi connectivity index (χ4n) is 3.17. The van der Waals surface area contributed by atoms with Crippen molar-refractivity contribution in [1.29, 1.82) is 0 Å². The monoisotopic (exact) mass is 445 g/mol. The summed E-state index contributed by atoms with van der Waals surface area (Å²) in [5.74, 6) is -0.163. The minimum absolute atomic E-state index is 0.112. The number of rotatable bonds is 3. The molecular formula is C19H16BrN3O3S. The van der Waals surface area contributed by atoms with E-state index in [4.69, 9.17) is 0 Å². The molecule has 0 unspecified atom stereocenters. The molecule has 0 saturated heterocycles. The number of aromatic nitrogens is 2. The van der Waals surface area contributed by atoms with Crippen molar-refractivity contribution < 1.29 is 13.2 Å². The quantitative estimate of drug-likeness (QED) is 0.667. The Bertz CT molecular complexity index is 1170. The van der Waals surface area contributed by atoms with E-state index in [9.17, 15) is 13.2 Å². The van der Waals surface area contributed by atoms with Crippen LogP contribution in [0.5, 0.6) is 0 Å². The Hall–Kier alpha value is -2.45. The predicted molar refractivity (Wildman–Crippen MR) is 107 cm³/mol. The number of fused-ring (bicyclic) bond motifs is 1. The van der Waals surface area contributed by atoms with E-state index in [0.717, 1.165) is 11.3 Å². The van der Waals surface area contributed by atoms with Crippen molar-refractivity contribution in [2.24, 2.45) is 0 Å². The van der Waals surface area contributed by atoms with Crippen LogP contribution in [0, 0.1) is 6.92 Å². The third kappa shape index (κ3) is 3.30. The number of carbonyl (C=O) groups excluding carboxylic acids is 1. The second kappa shape index (κ2) is 6.61. The fourth-order valence-corrected chi connectivity index (χ4v) is 5.13. The number of halogens is 1. The Labute approximate surface area is 165 Å². The van der Waals surface area contributed by atoms with Crippen LogP contribution >= 0.6 is 15.9 Å². The lowest BCUT2D eigenvalue weighted by Crippen LogP contribution is -2.17. The zero-order valence-corrected chi connectivity index (χ0v) is 16.8. The van der Waals surface area contributed by atoms with Gasteiger partial charge < -0.3 is 5.32 Å². The molecule has 4 rings (SSSR count). The number of hydrogen-bond acceptors (Lipinski definition) is 4. The number of carbonyl (C=O) groups is 1. The van der Waals surface area contributed by atoms with Crippen molar-refractivity contribution in [3.05, 3.63) is 75.4 Å². The van der Waals surface area contributed by atoms with E-state index < -0.39 is 9.84 Å². The van der Waals surface area contributed by atoms with Crippen LogP contribution in [0.3, 0.4) is 0 Å². The van der Waals surface area contributed by atoms with E-state index in [0.29, 0.717) is 27.1 Å². The zero-order chi connectivity index (χ0) is 19.2. The number of nitrogens with one attached hydrogen (secondary N) is 1. The van der Waals surface area contributed by atoms with Gasteiger partial charge in [0, 0.05) is 10.0 Å². The Morgan fingerprint density at radius 1 is 1.11 bits per heavy atom. The normalized spacial score (nSPS) is 14.7. The highest BCUT2D eigenvalue weighted by Gasteiger charge is 2.33. The maximum atomic E-state index is 12.8. The van der Waals surface area contributed by atoms with E-state index >= 15 is 0 Å². The standard InChI is InChI=1S/C19H16BrN3O3S/c1-12-6-2-5-9-17(12)23-18(14-10-27(25,26)11-16(14)22-23)21-19(24)13-7-3-4-8-15(13)20/h2-9H,10-11H2,1H3,(H,21,24). The van der Waals surface area contributed by atoms with E-state index in [1.807, 2.05) is 37.3 Å². The lowest BCUT2D eigenvalue weighted by atomic mass is 10.2. The van der Waals surface area contributed by atoms with E-state index in [1.165, 1.54) is 0 Å². The summed E-state index contributed by atoms with van der Waals surface area (Å²) in [4.78, 5) is 12.8. The molecule has 0 atom stereocenters. The van der Waals surface area contributed by atoms with Gasteiger partial charge in [-0.15, -0.1) is 0 Å². The maximum absolute atomic E-state index is 12.8. The van der Waals surface area contributed by atoms with Crippen molar-refractivity contribution in [1.82, 2.24) is 9.78 Å². The summed E-state index contributed by atoms with van der Waals surface area (Å²) in [5, 5.41) is 7.38. The van der Waals surface area contributed by atoms with Crippen LogP contribution in [-0.2, 0) is 21.3 Å². The Kier molecular flexibility index (Phi) is 4.39. The van der Waals surface area contributed by atoms with Gasteiger partial charge in [-0.1, -0.05) is 30.3 Å². The van der Waals surface area contributed by atoms with Crippen molar-refractivity contribution >= 4 is 37.5 Å². The van der Waals surface area contributed by atoms with Gasteiger partial charge in [-0.2, -0.15) is 5.10 Å². The van der Waals surface area contributed by atoms with E-state index in [-0.39, 0.29) is 17.4 Å². The molecule has 1 aliphatic rings. The first-order valence-corrected chi connectivity index (χ1v) is 10.9. The molecule has 1 aliphatic heterocycles. The molecule has 6 nitrogen and oxygen atoms in total. The molecule has 1 aromatic heterocycles. The highest BCUT2D eigenvalue weighted by Crippen LogP contribution is 2.34.